The number of aryl methyl sites for hydroxylation is 1. The molecule has 1 fully saturated rings. The fourth-order valence-electron chi connectivity index (χ4n) is 3.82. The number of hydrogen-bond acceptors (Lipinski definition) is 2. The molecule has 2 nitrogen and oxygen atoms in total. The van der Waals surface area contributed by atoms with Gasteiger partial charge in [-0.2, -0.15) is 0 Å². The van der Waals surface area contributed by atoms with E-state index >= 15 is 0 Å². The maximum Gasteiger partial charge on any atom is 0.131 e. The zero-order valence-corrected chi connectivity index (χ0v) is 21.6. The Bertz CT molecular complexity index is 1040. The first-order valence-corrected chi connectivity index (χ1v) is 12.5. The smallest absolute Gasteiger partial charge is 0.131 e. The molecule has 0 N–H and O–H groups in total. The third kappa shape index (κ3) is 9.75. The largest absolute Gasteiger partial charge is 0.379 e. The number of hydrogen-bond donors (Lipinski definition) is 0. The fourth-order valence-corrected chi connectivity index (χ4v) is 3.82. The van der Waals surface area contributed by atoms with Gasteiger partial charge in [0.25, 0.3) is 0 Å². The minimum Gasteiger partial charge on any atom is -0.379 e. The second kappa shape index (κ2) is 15.2. The van der Waals surface area contributed by atoms with Crippen molar-refractivity contribution in [3.63, 3.8) is 0 Å². The number of allylic oxidation sites excluding steroid dienone is 1. The van der Waals surface area contributed by atoms with E-state index in [0.29, 0.717) is 5.56 Å². The molecule has 0 aliphatic carbocycles. The first kappa shape index (κ1) is 28.4. The Balaban J connectivity index is 0.000000329. The molecule has 1 aliphatic rings. The minimum absolute atomic E-state index is 0.144. The molecule has 0 amide bonds. The molecule has 0 unspecified atom stereocenters. The molecule has 0 radical (unpaired) electrons. The number of rotatable bonds is 6. The molecule has 35 heavy (non-hydrogen) atoms. The lowest BCUT2D eigenvalue weighted by molar-refractivity contribution is 0.0341. The maximum absolute atomic E-state index is 14.5. The average Bonchev–Trinajstić information content (AvgIpc) is 2.87. The number of benzene rings is 3. The molecule has 1 heterocycles. The van der Waals surface area contributed by atoms with Gasteiger partial charge in [0.05, 0.1) is 13.2 Å². The lowest BCUT2D eigenvalue weighted by atomic mass is 9.99. The zero-order valence-electron chi connectivity index (χ0n) is 21.6. The van der Waals surface area contributed by atoms with E-state index in [0.717, 1.165) is 68.0 Å². The van der Waals surface area contributed by atoms with E-state index in [-0.39, 0.29) is 11.6 Å². The van der Waals surface area contributed by atoms with Crippen molar-refractivity contribution in [2.24, 2.45) is 0 Å². The quantitative estimate of drug-likeness (QED) is 0.334. The molecule has 1 saturated heterocycles. The van der Waals surface area contributed by atoms with Gasteiger partial charge < -0.3 is 4.74 Å². The average molecular weight is 480 g/mol. The van der Waals surface area contributed by atoms with Gasteiger partial charge in [-0.15, -0.1) is 0 Å². The molecule has 0 bridgehead atoms. The van der Waals surface area contributed by atoms with Crippen LogP contribution < -0.4 is 0 Å². The van der Waals surface area contributed by atoms with E-state index in [1.54, 1.807) is 18.2 Å². The summed E-state index contributed by atoms with van der Waals surface area (Å²) in [4.78, 5) is 2.30. The first-order chi connectivity index (χ1) is 16.9. The highest BCUT2D eigenvalue weighted by Crippen LogP contribution is 2.25. The summed E-state index contributed by atoms with van der Waals surface area (Å²) in [6, 6.07) is 20.3. The van der Waals surface area contributed by atoms with Crippen LogP contribution in [-0.4, -0.2) is 31.2 Å². The molecule has 0 spiro atoms. The summed E-state index contributed by atoms with van der Waals surface area (Å²) in [5, 5.41) is 0. The molecular formula is C31H39F2NO. The maximum atomic E-state index is 14.5. The molecule has 3 aromatic carbocycles. The summed E-state index contributed by atoms with van der Waals surface area (Å²) in [5.41, 5.74) is 5.96. The summed E-state index contributed by atoms with van der Waals surface area (Å²) in [6.07, 6.45) is 1.76. The molecule has 4 heteroatoms. The standard InChI is InChI=1S/C21H24FNO.C8H9F.C2H6/c1-16(2)13-17-3-6-19(7-4-17)20-8-5-18(14-21(20)22)15-23-9-11-24-12-10-23;1-2-7-4-3-5-8(9)6-7;1-2/h3-8,14H,1,9-13,15H2,2H3;3-6H,2H2,1H3;1-2H3. The van der Waals surface area contributed by atoms with Gasteiger partial charge in [-0.25, -0.2) is 8.78 Å². The number of halogens is 2. The topological polar surface area (TPSA) is 12.5 Å². The Morgan fingerprint density at radius 2 is 1.54 bits per heavy atom. The van der Waals surface area contributed by atoms with Gasteiger partial charge in [-0.3, -0.25) is 4.90 Å². The van der Waals surface area contributed by atoms with E-state index in [1.165, 1.54) is 11.6 Å². The zero-order chi connectivity index (χ0) is 25.6. The van der Waals surface area contributed by atoms with E-state index in [2.05, 4.69) is 11.5 Å². The van der Waals surface area contributed by atoms with Crippen LogP contribution in [0.5, 0.6) is 0 Å². The van der Waals surface area contributed by atoms with Crippen molar-refractivity contribution in [1.29, 1.82) is 0 Å². The Morgan fingerprint density at radius 3 is 2.09 bits per heavy atom. The van der Waals surface area contributed by atoms with E-state index < -0.39 is 0 Å². The highest BCUT2D eigenvalue weighted by Gasteiger charge is 2.12. The Hall–Kier alpha value is -2.82. The minimum atomic E-state index is -0.159. The Kier molecular flexibility index (Phi) is 12.4. The summed E-state index contributed by atoms with van der Waals surface area (Å²) in [7, 11) is 0. The summed E-state index contributed by atoms with van der Waals surface area (Å²) in [6.45, 7) is 16.1. The fraction of sp³-hybridized carbons (Fsp3) is 0.355. The SMILES string of the molecule is C=C(C)Cc1ccc(-c2ccc(CN3CCOCC3)cc2F)cc1.CC.CCc1cccc(F)c1. The van der Waals surface area contributed by atoms with E-state index in [4.69, 9.17) is 4.74 Å². The molecule has 0 saturated carbocycles. The van der Waals surface area contributed by atoms with E-state index in [1.807, 2.05) is 70.2 Å². The van der Waals surface area contributed by atoms with Crippen molar-refractivity contribution < 1.29 is 13.5 Å². The molecule has 0 atom stereocenters. The second-order valence-corrected chi connectivity index (χ2v) is 8.52. The predicted octanol–water partition coefficient (Wildman–Crippen LogP) is 7.86. The van der Waals surface area contributed by atoms with Crippen molar-refractivity contribution in [2.45, 2.75) is 47.1 Å². The van der Waals surface area contributed by atoms with E-state index in [9.17, 15) is 8.78 Å². The van der Waals surface area contributed by atoms with Gasteiger partial charge in [-0.05, 0) is 60.2 Å². The lowest BCUT2D eigenvalue weighted by Crippen LogP contribution is -2.35. The molecular weight excluding hydrogens is 440 g/mol. The van der Waals surface area contributed by atoms with Crippen LogP contribution >= 0.6 is 0 Å². The van der Waals surface area contributed by atoms with Crippen LogP contribution in [0.4, 0.5) is 8.78 Å². The van der Waals surface area contributed by atoms with Gasteiger partial charge in [0.2, 0.25) is 0 Å². The van der Waals surface area contributed by atoms with Gasteiger partial charge in [0, 0.05) is 25.2 Å². The van der Waals surface area contributed by atoms with Crippen LogP contribution in [0.1, 0.15) is 44.4 Å². The van der Waals surface area contributed by atoms with Crippen molar-refractivity contribution in [1.82, 2.24) is 4.90 Å². The van der Waals surface area contributed by atoms with Crippen LogP contribution in [0.25, 0.3) is 11.1 Å². The van der Waals surface area contributed by atoms with Gasteiger partial charge in [-0.1, -0.05) is 81.5 Å². The molecule has 0 aromatic heterocycles. The van der Waals surface area contributed by atoms with Crippen molar-refractivity contribution in [3.05, 3.63) is 107 Å². The Morgan fingerprint density at radius 1 is 0.886 bits per heavy atom. The Labute approximate surface area is 210 Å². The second-order valence-electron chi connectivity index (χ2n) is 8.52. The third-order valence-corrected chi connectivity index (χ3v) is 5.61. The van der Waals surface area contributed by atoms with Gasteiger partial charge >= 0.3 is 0 Å². The van der Waals surface area contributed by atoms with Crippen LogP contribution in [0.15, 0.2) is 78.9 Å². The third-order valence-electron chi connectivity index (χ3n) is 5.61. The monoisotopic (exact) mass is 479 g/mol. The van der Waals surface area contributed by atoms with Crippen LogP contribution in [0.2, 0.25) is 0 Å². The number of morpholine rings is 1. The molecule has 4 rings (SSSR count). The van der Waals surface area contributed by atoms with Crippen molar-refractivity contribution >= 4 is 0 Å². The highest BCUT2D eigenvalue weighted by atomic mass is 19.1. The predicted molar refractivity (Wildman–Crippen MR) is 144 cm³/mol. The van der Waals surface area contributed by atoms with Gasteiger partial charge in [0.1, 0.15) is 11.6 Å². The molecule has 188 valence electrons. The molecule has 3 aromatic rings. The van der Waals surface area contributed by atoms with Crippen molar-refractivity contribution in [3.8, 4) is 11.1 Å². The normalized spacial score (nSPS) is 13.2. The number of nitrogens with zero attached hydrogens (tertiary/aromatic N) is 1. The summed E-state index contributed by atoms with van der Waals surface area (Å²) < 4.78 is 32.2. The highest BCUT2D eigenvalue weighted by molar-refractivity contribution is 5.64. The van der Waals surface area contributed by atoms with Crippen molar-refractivity contribution in [2.75, 3.05) is 26.3 Å². The summed E-state index contributed by atoms with van der Waals surface area (Å²) >= 11 is 0. The van der Waals surface area contributed by atoms with Crippen LogP contribution in [0.3, 0.4) is 0 Å². The lowest BCUT2D eigenvalue weighted by Gasteiger charge is -2.26. The molecule has 1 aliphatic heterocycles. The summed E-state index contributed by atoms with van der Waals surface area (Å²) in [5.74, 6) is -0.303. The van der Waals surface area contributed by atoms with Gasteiger partial charge in [0.15, 0.2) is 0 Å². The number of ether oxygens (including phenoxy) is 1. The van der Waals surface area contributed by atoms with Crippen LogP contribution in [-0.2, 0) is 24.1 Å². The first-order valence-electron chi connectivity index (χ1n) is 12.5. The van der Waals surface area contributed by atoms with Crippen LogP contribution in [0, 0.1) is 11.6 Å².